The lowest BCUT2D eigenvalue weighted by atomic mass is 10.1. The zero-order valence-corrected chi connectivity index (χ0v) is 18.8. The minimum atomic E-state index is -3.56. The molecular weight excluding hydrogens is 412 g/mol. The monoisotopic (exact) mass is 438 g/mol. The molecule has 0 unspecified atom stereocenters. The average Bonchev–Trinajstić information content (AvgIpc) is 2.77. The number of benzene rings is 2. The number of hydrogen-bond donors (Lipinski definition) is 0. The van der Waals surface area contributed by atoms with Crippen LogP contribution in [0, 0.1) is 20.8 Å². The highest BCUT2D eigenvalue weighted by molar-refractivity contribution is 7.89. The van der Waals surface area contributed by atoms with Gasteiger partial charge in [0, 0.05) is 32.2 Å². The highest BCUT2D eigenvalue weighted by atomic mass is 32.2. The number of aromatic nitrogens is 2. The van der Waals surface area contributed by atoms with E-state index in [-0.39, 0.29) is 5.56 Å². The maximum absolute atomic E-state index is 13.2. The first kappa shape index (κ1) is 21.3. The summed E-state index contributed by atoms with van der Waals surface area (Å²) in [6.07, 6.45) is 0. The fourth-order valence-corrected chi connectivity index (χ4v) is 5.55. The maximum Gasteiger partial charge on any atom is 0.271 e. The third-order valence-electron chi connectivity index (χ3n) is 5.76. The molecule has 162 valence electrons. The van der Waals surface area contributed by atoms with Crippen molar-refractivity contribution >= 4 is 15.8 Å². The van der Waals surface area contributed by atoms with Crippen LogP contribution < -0.4 is 10.5 Å². The third kappa shape index (κ3) is 4.13. The first-order valence-electron chi connectivity index (χ1n) is 10.3. The molecule has 1 aliphatic rings. The zero-order valence-electron chi connectivity index (χ0n) is 17.9. The standard InChI is InChI=1S/C23H26N4O3S/c1-17-15-19(3)21(16-18(17)2)31(29,30)26-13-11-25(12-14-26)22-9-10-23(28)27(24-22)20-7-5-4-6-8-20/h4-10,15-16H,11-14H2,1-3H3. The zero-order chi connectivity index (χ0) is 22.2. The summed E-state index contributed by atoms with van der Waals surface area (Å²) in [6.45, 7) is 7.48. The van der Waals surface area contributed by atoms with E-state index in [1.165, 1.54) is 15.1 Å². The van der Waals surface area contributed by atoms with E-state index < -0.39 is 10.0 Å². The van der Waals surface area contributed by atoms with E-state index in [2.05, 4.69) is 5.10 Å². The smallest absolute Gasteiger partial charge is 0.271 e. The van der Waals surface area contributed by atoms with E-state index in [1.807, 2.05) is 62.1 Å². The minimum absolute atomic E-state index is 0.207. The number of piperazine rings is 1. The predicted molar refractivity (Wildman–Crippen MR) is 121 cm³/mol. The molecule has 0 aliphatic carbocycles. The Kier molecular flexibility index (Phi) is 5.68. The van der Waals surface area contributed by atoms with Crippen LogP contribution in [0.15, 0.2) is 64.3 Å². The summed E-state index contributed by atoms with van der Waals surface area (Å²) in [5, 5.41) is 4.51. The van der Waals surface area contributed by atoms with Gasteiger partial charge in [-0.05, 0) is 61.7 Å². The molecule has 0 spiro atoms. The maximum atomic E-state index is 13.2. The summed E-state index contributed by atoms with van der Waals surface area (Å²) in [7, 11) is -3.56. The Balaban J connectivity index is 1.54. The van der Waals surface area contributed by atoms with Crippen molar-refractivity contribution in [2.75, 3.05) is 31.1 Å². The van der Waals surface area contributed by atoms with Crippen molar-refractivity contribution in [3.05, 3.63) is 81.6 Å². The number of aryl methyl sites for hydroxylation is 3. The van der Waals surface area contributed by atoms with Crippen molar-refractivity contribution in [3.63, 3.8) is 0 Å². The normalized spacial score (nSPS) is 15.3. The molecule has 3 aromatic rings. The molecule has 0 saturated carbocycles. The summed E-state index contributed by atoms with van der Waals surface area (Å²) in [4.78, 5) is 14.7. The van der Waals surface area contributed by atoms with Crippen LogP contribution in [0.4, 0.5) is 5.82 Å². The van der Waals surface area contributed by atoms with Gasteiger partial charge in [-0.1, -0.05) is 24.3 Å². The second kappa shape index (κ2) is 8.28. The lowest BCUT2D eigenvalue weighted by Crippen LogP contribution is -2.49. The molecule has 2 heterocycles. The summed E-state index contributed by atoms with van der Waals surface area (Å²) in [6, 6.07) is 16.1. The van der Waals surface area contributed by atoms with Crippen molar-refractivity contribution in [2.24, 2.45) is 0 Å². The Hall–Kier alpha value is -2.97. The summed E-state index contributed by atoms with van der Waals surface area (Å²) >= 11 is 0. The molecular formula is C23H26N4O3S. The summed E-state index contributed by atoms with van der Waals surface area (Å²) < 4.78 is 29.4. The van der Waals surface area contributed by atoms with Crippen LogP contribution in [0.3, 0.4) is 0 Å². The molecule has 8 heteroatoms. The fraction of sp³-hybridized carbons (Fsp3) is 0.304. The summed E-state index contributed by atoms with van der Waals surface area (Å²) in [5.74, 6) is 0.655. The topological polar surface area (TPSA) is 75.5 Å². The molecule has 1 saturated heterocycles. The van der Waals surface area contributed by atoms with E-state index in [1.54, 1.807) is 12.1 Å². The highest BCUT2D eigenvalue weighted by Gasteiger charge is 2.30. The van der Waals surface area contributed by atoms with Crippen LogP contribution in [-0.4, -0.2) is 48.7 Å². The van der Waals surface area contributed by atoms with Gasteiger partial charge in [0.15, 0.2) is 0 Å². The van der Waals surface area contributed by atoms with Crippen molar-refractivity contribution in [1.29, 1.82) is 0 Å². The minimum Gasteiger partial charge on any atom is -0.353 e. The van der Waals surface area contributed by atoms with Gasteiger partial charge >= 0.3 is 0 Å². The molecule has 0 N–H and O–H groups in total. The Morgan fingerprint density at radius 3 is 2.13 bits per heavy atom. The van der Waals surface area contributed by atoms with Crippen LogP contribution in [0.2, 0.25) is 0 Å². The number of sulfonamides is 1. The largest absolute Gasteiger partial charge is 0.353 e. The molecule has 1 fully saturated rings. The van der Waals surface area contributed by atoms with Gasteiger partial charge in [0.25, 0.3) is 5.56 Å². The average molecular weight is 439 g/mol. The molecule has 1 aliphatic heterocycles. The van der Waals surface area contributed by atoms with E-state index in [0.717, 1.165) is 16.7 Å². The Morgan fingerprint density at radius 2 is 1.45 bits per heavy atom. The summed E-state index contributed by atoms with van der Waals surface area (Å²) in [5.41, 5.74) is 3.31. The number of nitrogens with zero attached hydrogens (tertiary/aromatic N) is 4. The number of para-hydroxylation sites is 1. The molecule has 0 bridgehead atoms. The van der Waals surface area contributed by atoms with Gasteiger partial charge < -0.3 is 4.90 Å². The van der Waals surface area contributed by atoms with E-state index in [0.29, 0.717) is 42.6 Å². The van der Waals surface area contributed by atoms with E-state index in [9.17, 15) is 13.2 Å². The first-order chi connectivity index (χ1) is 14.8. The SMILES string of the molecule is Cc1cc(C)c(S(=O)(=O)N2CCN(c3ccc(=O)n(-c4ccccc4)n3)CC2)cc1C. The van der Waals surface area contributed by atoms with E-state index >= 15 is 0 Å². The van der Waals surface area contributed by atoms with Crippen LogP contribution in [0.25, 0.3) is 5.69 Å². The molecule has 7 nitrogen and oxygen atoms in total. The first-order valence-corrected chi connectivity index (χ1v) is 11.7. The molecule has 0 radical (unpaired) electrons. The Labute approximate surface area is 182 Å². The molecule has 4 rings (SSSR count). The number of anilines is 1. The fourth-order valence-electron chi connectivity index (χ4n) is 3.83. The van der Waals surface area contributed by atoms with Gasteiger partial charge in [-0.15, -0.1) is 5.10 Å². The van der Waals surface area contributed by atoms with Gasteiger partial charge in [0.1, 0.15) is 5.82 Å². The Morgan fingerprint density at radius 1 is 0.806 bits per heavy atom. The van der Waals surface area contributed by atoms with Gasteiger partial charge in [0.05, 0.1) is 10.6 Å². The predicted octanol–water partition coefficient (Wildman–Crippen LogP) is 2.67. The molecule has 0 amide bonds. The van der Waals surface area contributed by atoms with Gasteiger partial charge in [-0.2, -0.15) is 8.99 Å². The highest BCUT2D eigenvalue weighted by Crippen LogP contribution is 2.25. The third-order valence-corrected chi connectivity index (χ3v) is 7.80. The van der Waals surface area contributed by atoms with Crippen molar-refractivity contribution in [2.45, 2.75) is 25.7 Å². The lowest BCUT2D eigenvalue weighted by Gasteiger charge is -2.35. The van der Waals surface area contributed by atoms with Gasteiger partial charge in [0.2, 0.25) is 10.0 Å². The lowest BCUT2D eigenvalue weighted by molar-refractivity contribution is 0.383. The van der Waals surface area contributed by atoms with Crippen LogP contribution in [-0.2, 0) is 10.0 Å². The number of rotatable bonds is 4. The van der Waals surface area contributed by atoms with Crippen molar-refractivity contribution < 1.29 is 8.42 Å². The van der Waals surface area contributed by atoms with Crippen LogP contribution in [0.1, 0.15) is 16.7 Å². The van der Waals surface area contributed by atoms with E-state index in [4.69, 9.17) is 0 Å². The van der Waals surface area contributed by atoms with Gasteiger partial charge in [-0.25, -0.2) is 8.42 Å². The quantitative estimate of drug-likeness (QED) is 0.626. The molecule has 31 heavy (non-hydrogen) atoms. The van der Waals surface area contributed by atoms with Crippen molar-refractivity contribution in [1.82, 2.24) is 14.1 Å². The van der Waals surface area contributed by atoms with Crippen molar-refractivity contribution in [3.8, 4) is 5.69 Å². The van der Waals surface area contributed by atoms with Gasteiger partial charge in [-0.3, -0.25) is 4.79 Å². The van der Waals surface area contributed by atoms with Crippen LogP contribution >= 0.6 is 0 Å². The molecule has 1 aromatic heterocycles. The Bertz CT molecular complexity index is 1260. The van der Waals surface area contributed by atoms with Crippen LogP contribution in [0.5, 0.6) is 0 Å². The number of hydrogen-bond acceptors (Lipinski definition) is 5. The second-order valence-electron chi connectivity index (χ2n) is 7.87. The molecule has 2 aromatic carbocycles. The second-order valence-corrected chi connectivity index (χ2v) is 9.78. The molecule has 0 atom stereocenters.